The number of esters is 1. The van der Waals surface area contributed by atoms with Gasteiger partial charge < -0.3 is 34.2 Å². The van der Waals surface area contributed by atoms with Crippen molar-refractivity contribution >= 4 is 11.8 Å². The van der Waals surface area contributed by atoms with Gasteiger partial charge in [0.1, 0.15) is 12.2 Å². The third-order valence-electron chi connectivity index (χ3n) is 10.2. The van der Waals surface area contributed by atoms with Crippen molar-refractivity contribution in [2.45, 2.75) is 136 Å². The van der Waals surface area contributed by atoms with Gasteiger partial charge in [-0.1, -0.05) is 51.8 Å². The summed E-state index contributed by atoms with van der Waals surface area (Å²) in [6, 6.07) is -0.151. The van der Waals surface area contributed by atoms with Crippen molar-refractivity contribution in [1.29, 1.82) is 0 Å². The van der Waals surface area contributed by atoms with Crippen molar-refractivity contribution in [2.24, 2.45) is 23.7 Å². The van der Waals surface area contributed by atoms with Gasteiger partial charge >= 0.3 is 5.97 Å². The van der Waals surface area contributed by atoms with Crippen LogP contribution in [0.15, 0.2) is 23.8 Å². The van der Waals surface area contributed by atoms with Gasteiger partial charge in [-0.15, -0.1) is 0 Å². The van der Waals surface area contributed by atoms with Gasteiger partial charge in [0.05, 0.1) is 24.7 Å². The first-order valence-electron chi connectivity index (χ1n) is 17.5. The van der Waals surface area contributed by atoms with Gasteiger partial charge in [0.25, 0.3) is 0 Å². The Morgan fingerprint density at radius 3 is 2.36 bits per heavy atom. The molecule has 9 heteroatoms. The number of cyclic esters (lactones) is 1. The zero-order chi connectivity index (χ0) is 33.3. The predicted molar refractivity (Wildman–Crippen MR) is 177 cm³/mol. The highest BCUT2D eigenvalue weighted by Crippen LogP contribution is 2.35. The van der Waals surface area contributed by atoms with E-state index in [1.807, 2.05) is 72.7 Å². The maximum absolute atomic E-state index is 13.5. The molecule has 0 aliphatic carbocycles. The van der Waals surface area contributed by atoms with Crippen LogP contribution in [0.2, 0.25) is 0 Å². The van der Waals surface area contributed by atoms with Crippen molar-refractivity contribution in [3.8, 4) is 0 Å². The fraction of sp³-hybridized carbons (Fsp3) is 0.833. The maximum atomic E-state index is 13.5. The Morgan fingerprint density at radius 1 is 1.02 bits per heavy atom. The van der Waals surface area contributed by atoms with Crippen LogP contribution in [0.5, 0.6) is 0 Å². The lowest BCUT2D eigenvalue weighted by Crippen LogP contribution is -2.56. The molecule has 0 bridgehead atoms. The number of carbonyl (C=O) groups is 2. The van der Waals surface area contributed by atoms with Crippen LogP contribution in [-0.2, 0) is 23.8 Å². The van der Waals surface area contributed by atoms with E-state index < -0.39 is 36.5 Å². The summed E-state index contributed by atoms with van der Waals surface area (Å²) in [4.78, 5) is 31.1. The highest BCUT2D eigenvalue weighted by Gasteiger charge is 2.43. The van der Waals surface area contributed by atoms with Crippen LogP contribution in [0.4, 0.5) is 0 Å². The number of hydrogen-bond acceptors (Lipinski definition) is 9. The molecule has 45 heavy (non-hydrogen) atoms. The highest BCUT2D eigenvalue weighted by molar-refractivity contribution is 5.91. The number of nitrogens with zero attached hydrogens (tertiary/aromatic N) is 2. The van der Waals surface area contributed by atoms with Crippen LogP contribution < -0.4 is 0 Å². The van der Waals surface area contributed by atoms with E-state index in [4.69, 9.17) is 14.2 Å². The molecule has 0 aromatic heterocycles. The number of hydrogen-bond donors (Lipinski definition) is 2. The second-order valence-corrected chi connectivity index (χ2v) is 14.3. The van der Waals surface area contributed by atoms with Crippen molar-refractivity contribution in [3.63, 3.8) is 0 Å². The second kappa shape index (κ2) is 18.1. The van der Waals surface area contributed by atoms with E-state index in [9.17, 15) is 19.8 Å². The van der Waals surface area contributed by atoms with Crippen molar-refractivity contribution in [3.05, 3.63) is 23.8 Å². The third-order valence-corrected chi connectivity index (χ3v) is 10.2. The summed E-state index contributed by atoms with van der Waals surface area (Å²) in [7, 11) is 3.88. The number of likely N-dealkylation sites (N-methyl/N-ethyl adjacent to an activating group) is 1. The van der Waals surface area contributed by atoms with Crippen molar-refractivity contribution in [1.82, 2.24) is 9.80 Å². The minimum Gasteiger partial charge on any atom is -0.462 e. The second-order valence-electron chi connectivity index (χ2n) is 14.3. The zero-order valence-electron chi connectivity index (χ0n) is 29.2. The molecule has 0 amide bonds. The number of carbonyl (C=O) groups excluding carboxylic acids is 2. The first-order chi connectivity index (χ1) is 21.3. The minimum atomic E-state index is -1.04. The molecule has 9 nitrogen and oxygen atoms in total. The number of likely N-dealkylation sites (tertiary alicyclic amines) is 1. The quantitative estimate of drug-likeness (QED) is 0.384. The minimum absolute atomic E-state index is 0.0473. The van der Waals surface area contributed by atoms with Crippen molar-refractivity contribution in [2.75, 3.05) is 33.7 Å². The van der Waals surface area contributed by atoms with Gasteiger partial charge in [-0.2, -0.15) is 0 Å². The molecule has 0 saturated carbocycles. The molecule has 0 aromatic carbocycles. The lowest BCUT2D eigenvalue weighted by Gasteiger charge is -2.45. The number of ether oxygens (including phenoxy) is 3. The van der Waals surface area contributed by atoms with E-state index in [1.165, 1.54) is 19.3 Å². The Morgan fingerprint density at radius 2 is 1.71 bits per heavy atom. The van der Waals surface area contributed by atoms with Crippen LogP contribution in [0, 0.1) is 23.7 Å². The van der Waals surface area contributed by atoms with Gasteiger partial charge in [0.2, 0.25) is 0 Å². The van der Waals surface area contributed by atoms with Gasteiger partial charge in [-0.05, 0) is 98.1 Å². The smallest absolute Gasteiger partial charge is 0.308 e. The molecule has 3 heterocycles. The average molecular weight is 635 g/mol. The normalized spacial score (nSPS) is 40.5. The number of ketones is 1. The Hall–Kier alpha value is -1.62. The lowest BCUT2D eigenvalue weighted by molar-refractivity contribution is -0.283. The largest absolute Gasteiger partial charge is 0.462 e. The van der Waals surface area contributed by atoms with Crippen LogP contribution >= 0.6 is 0 Å². The molecule has 3 aliphatic rings. The number of aliphatic hydroxyl groups is 2. The summed E-state index contributed by atoms with van der Waals surface area (Å²) < 4.78 is 18.8. The molecule has 1 unspecified atom stereocenters. The van der Waals surface area contributed by atoms with Gasteiger partial charge in [0.15, 0.2) is 12.1 Å². The molecule has 11 atom stereocenters. The molecular formula is C36H62N2O7. The molecule has 0 aromatic rings. The standard InChI is InChI=1S/C36H62N2O7/c1-9-32-25(4)19-23(2)13-14-30(39)24(3)20-28(15-18-38-16-11-10-12-17-38)35(27(6)31(40)22-33(41)44-32)45-36-34(42)29(37(7)8)21-26(5)43-36/h13-14,19,24-29,31-32,34-36,40,42H,9-12,15-18,20-22H2,1-8H3/b14-13+,23-19+/t24-,25+,26-,27+,28+,29+,31?,32-,34-,35-,36+/m1/s1. The summed E-state index contributed by atoms with van der Waals surface area (Å²) in [5.74, 6) is -1.33. The molecule has 3 aliphatic heterocycles. The van der Waals surface area contributed by atoms with Crippen LogP contribution in [-0.4, -0.2) is 108 Å². The molecule has 2 fully saturated rings. The van der Waals surface area contributed by atoms with Gasteiger partial charge in [-0.25, -0.2) is 0 Å². The molecule has 2 N–H and O–H groups in total. The van der Waals surface area contributed by atoms with E-state index in [-0.39, 0.29) is 48.2 Å². The summed E-state index contributed by atoms with van der Waals surface area (Å²) in [6.07, 6.45) is 7.73. The van der Waals surface area contributed by atoms with Crippen LogP contribution in [0.1, 0.15) is 92.9 Å². The molecule has 2 saturated heterocycles. The Bertz CT molecular complexity index is 994. The van der Waals surface area contributed by atoms with E-state index >= 15 is 0 Å². The third kappa shape index (κ3) is 11.2. The van der Waals surface area contributed by atoms with E-state index in [0.717, 1.165) is 31.6 Å². The SMILES string of the molecule is CC[C@H]1OC(=O)CC(O)[C@H](C)[C@@H](O[C@@H]2O[C@H](C)C[C@H](N(C)C)[C@H]2O)[C@@H](CCN2CCCCC2)C[C@@H](C)C(=O)/C=C/C(C)=C/[C@@H]1C. The Balaban J connectivity index is 1.99. The lowest BCUT2D eigenvalue weighted by atomic mass is 9.79. The summed E-state index contributed by atoms with van der Waals surface area (Å²) in [6.45, 7) is 14.7. The van der Waals surface area contributed by atoms with E-state index in [2.05, 4.69) is 4.90 Å². The van der Waals surface area contributed by atoms with E-state index in [1.54, 1.807) is 6.08 Å². The Labute approximate surface area is 272 Å². The van der Waals surface area contributed by atoms with Gasteiger partial charge in [0, 0.05) is 23.8 Å². The number of rotatable bonds is 7. The molecule has 0 spiro atoms. The highest BCUT2D eigenvalue weighted by atomic mass is 16.7. The van der Waals surface area contributed by atoms with Gasteiger partial charge in [-0.3, -0.25) is 9.59 Å². The van der Waals surface area contributed by atoms with E-state index in [0.29, 0.717) is 19.3 Å². The summed E-state index contributed by atoms with van der Waals surface area (Å²) in [5.41, 5.74) is 0.939. The first kappa shape index (κ1) is 37.8. The number of aliphatic hydroxyl groups excluding tert-OH is 2. The summed E-state index contributed by atoms with van der Waals surface area (Å²) >= 11 is 0. The molecule has 3 rings (SSSR count). The number of allylic oxidation sites excluding steroid dienone is 3. The average Bonchev–Trinajstić information content (AvgIpc) is 3.00. The molecular weight excluding hydrogens is 572 g/mol. The fourth-order valence-corrected chi connectivity index (χ4v) is 7.30. The Kier molecular flexibility index (Phi) is 15.2. The molecule has 0 radical (unpaired) electrons. The fourth-order valence-electron chi connectivity index (χ4n) is 7.30. The van der Waals surface area contributed by atoms with Crippen molar-refractivity contribution < 1.29 is 34.0 Å². The maximum Gasteiger partial charge on any atom is 0.308 e. The van der Waals surface area contributed by atoms with Crippen LogP contribution in [0.3, 0.4) is 0 Å². The zero-order valence-corrected chi connectivity index (χ0v) is 29.2. The first-order valence-corrected chi connectivity index (χ1v) is 17.5. The summed E-state index contributed by atoms with van der Waals surface area (Å²) in [5, 5.41) is 22.9. The topological polar surface area (TPSA) is 109 Å². The predicted octanol–water partition coefficient (Wildman–Crippen LogP) is 4.75. The number of piperidine rings is 1. The molecule has 258 valence electrons. The monoisotopic (exact) mass is 634 g/mol. The van der Waals surface area contributed by atoms with Crippen LogP contribution in [0.25, 0.3) is 0 Å².